The van der Waals surface area contributed by atoms with Gasteiger partial charge in [-0.05, 0) is 61.1 Å². The molecule has 2 fully saturated rings. The van der Waals surface area contributed by atoms with Gasteiger partial charge in [-0.1, -0.05) is 37.1 Å². The zero-order valence-corrected chi connectivity index (χ0v) is 17.8. The lowest BCUT2D eigenvalue weighted by Gasteiger charge is -2.39. The van der Waals surface area contributed by atoms with Crippen LogP contribution in [0.1, 0.15) is 49.7 Å². The summed E-state index contributed by atoms with van der Waals surface area (Å²) in [7, 11) is 0. The Labute approximate surface area is 182 Å². The van der Waals surface area contributed by atoms with Gasteiger partial charge in [0, 0.05) is 30.7 Å². The number of ether oxygens (including phenoxy) is 1. The molecule has 2 aromatic rings. The van der Waals surface area contributed by atoms with E-state index in [0.717, 1.165) is 49.7 Å². The summed E-state index contributed by atoms with van der Waals surface area (Å²) in [4.78, 5) is 12.8. The third-order valence-corrected chi connectivity index (χ3v) is 6.97. The Morgan fingerprint density at radius 2 is 1.39 bits per heavy atom. The maximum atomic E-state index is 13.4. The van der Waals surface area contributed by atoms with Gasteiger partial charge in [-0.2, -0.15) is 0 Å². The van der Waals surface area contributed by atoms with Crippen LogP contribution in [0, 0.1) is 11.6 Å². The van der Waals surface area contributed by atoms with Crippen LogP contribution in [0.3, 0.4) is 0 Å². The van der Waals surface area contributed by atoms with Crippen molar-refractivity contribution in [1.29, 1.82) is 0 Å². The van der Waals surface area contributed by atoms with E-state index < -0.39 is 5.54 Å². The van der Waals surface area contributed by atoms with Crippen LogP contribution in [-0.4, -0.2) is 32.2 Å². The predicted octanol–water partition coefficient (Wildman–Crippen LogP) is 4.19. The Balaban J connectivity index is 1.40. The van der Waals surface area contributed by atoms with Crippen molar-refractivity contribution in [2.24, 2.45) is 0 Å². The van der Waals surface area contributed by atoms with Crippen LogP contribution in [0.4, 0.5) is 8.78 Å². The fraction of sp³-hybridized carbons (Fsp3) is 0.480. The lowest BCUT2D eigenvalue weighted by Crippen LogP contribution is -2.51. The number of carbonyl (C=O) groups excluding carboxylic acids is 1. The SMILES string of the molecule is O=C(CNC1(c2ccc(F)cc2)CCOCC1)NCC1(c2ccc(F)cc2)CCCC1. The van der Waals surface area contributed by atoms with Gasteiger partial charge in [0.15, 0.2) is 0 Å². The van der Waals surface area contributed by atoms with Crippen molar-refractivity contribution >= 4 is 5.91 Å². The van der Waals surface area contributed by atoms with Gasteiger partial charge < -0.3 is 10.1 Å². The molecular formula is C25H30F2N2O2. The molecule has 2 aromatic carbocycles. The van der Waals surface area contributed by atoms with E-state index in [1.807, 2.05) is 12.1 Å². The Kier molecular flexibility index (Phi) is 6.68. The minimum atomic E-state index is -0.398. The summed E-state index contributed by atoms with van der Waals surface area (Å²) in [6, 6.07) is 13.2. The van der Waals surface area contributed by atoms with Gasteiger partial charge >= 0.3 is 0 Å². The lowest BCUT2D eigenvalue weighted by atomic mass is 9.79. The van der Waals surface area contributed by atoms with Crippen molar-refractivity contribution < 1.29 is 18.3 Å². The summed E-state index contributed by atoms with van der Waals surface area (Å²) >= 11 is 0. The van der Waals surface area contributed by atoms with Crippen LogP contribution < -0.4 is 10.6 Å². The summed E-state index contributed by atoms with van der Waals surface area (Å²) in [6.45, 7) is 1.92. The maximum absolute atomic E-state index is 13.4. The molecule has 0 spiro atoms. The number of halogens is 2. The fourth-order valence-corrected chi connectivity index (χ4v) is 5.06. The Hall–Kier alpha value is -2.31. The number of benzene rings is 2. The van der Waals surface area contributed by atoms with Crippen molar-refractivity contribution in [3.8, 4) is 0 Å². The lowest BCUT2D eigenvalue weighted by molar-refractivity contribution is -0.121. The smallest absolute Gasteiger partial charge is 0.234 e. The molecule has 1 heterocycles. The van der Waals surface area contributed by atoms with E-state index in [2.05, 4.69) is 10.6 Å². The van der Waals surface area contributed by atoms with Crippen molar-refractivity contribution in [3.05, 3.63) is 71.3 Å². The van der Waals surface area contributed by atoms with E-state index >= 15 is 0 Å². The minimum Gasteiger partial charge on any atom is -0.381 e. The van der Waals surface area contributed by atoms with Gasteiger partial charge in [0.25, 0.3) is 0 Å². The van der Waals surface area contributed by atoms with E-state index in [1.165, 1.54) is 24.3 Å². The topological polar surface area (TPSA) is 50.4 Å². The van der Waals surface area contributed by atoms with Crippen LogP contribution in [0.15, 0.2) is 48.5 Å². The van der Waals surface area contributed by atoms with Gasteiger partial charge in [-0.15, -0.1) is 0 Å². The molecule has 0 unspecified atom stereocenters. The first kappa shape index (κ1) is 21.9. The highest BCUT2D eigenvalue weighted by Crippen LogP contribution is 2.40. The molecule has 0 aromatic heterocycles. The van der Waals surface area contributed by atoms with E-state index in [9.17, 15) is 13.6 Å². The molecular weight excluding hydrogens is 398 g/mol. The Morgan fingerprint density at radius 1 is 0.839 bits per heavy atom. The van der Waals surface area contributed by atoms with Gasteiger partial charge in [0.2, 0.25) is 5.91 Å². The van der Waals surface area contributed by atoms with Crippen LogP contribution in [0.25, 0.3) is 0 Å². The Bertz CT molecular complexity index is 871. The molecule has 0 bridgehead atoms. The second-order valence-corrected chi connectivity index (χ2v) is 8.83. The highest BCUT2D eigenvalue weighted by molar-refractivity contribution is 5.78. The number of hydrogen-bond acceptors (Lipinski definition) is 3. The minimum absolute atomic E-state index is 0.0682. The average Bonchev–Trinajstić information content (AvgIpc) is 3.28. The summed E-state index contributed by atoms with van der Waals surface area (Å²) in [6.07, 6.45) is 5.65. The largest absolute Gasteiger partial charge is 0.381 e. The molecule has 6 heteroatoms. The van der Waals surface area contributed by atoms with Gasteiger partial charge in [0.05, 0.1) is 6.54 Å². The normalized spacial score (nSPS) is 19.8. The summed E-state index contributed by atoms with van der Waals surface area (Å²) in [5, 5.41) is 6.55. The first-order valence-electron chi connectivity index (χ1n) is 11.1. The number of amides is 1. The molecule has 0 radical (unpaired) electrons. The van der Waals surface area contributed by atoms with E-state index in [4.69, 9.17) is 4.74 Å². The second-order valence-electron chi connectivity index (χ2n) is 8.83. The first-order valence-corrected chi connectivity index (χ1v) is 11.1. The number of carbonyl (C=O) groups is 1. The highest BCUT2D eigenvalue weighted by Gasteiger charge is 2.37. The first-order chi connectivity index (χ1) is 15.0. The molecule has 166 valence electrons. The van der Waals surface area contributed by atoms with Crippen LogP contribution in [0.5, 0.6) is 0 Å². The fourth-order valence-electron chi connectivity index (χ4n) is 5.06. The zero-order valence-electron chi connectivity index (χ0n) is 17.8. The van der Waals surface area contributed by atoms with Crippen LogP contribution in [0.2, 0.25) is 0 Å². The molecule has 1 aliphatic carbocycles. The van der Waals surface area contributed by atoms with E-state index in [1.54, 1.807) is 12.1 Å². The van der Waals surface area contributed by atoms with Crippen molar-refractivity contribution in [3.63, 3.8) is 0 Å². The molecule has 1 aliphatic heterocycles. The molecule has 1 saturated heterocycles. The van der Waals surface area contributed by atoms with Crippen molar-refractivity contribution in [1.82, 2.24) is 10.6 Å². The molecule has 31 heavy (non-hydrogen) atoms. The van der Waals surface area contributed by atoms with Crippen LogP contribution >= 0.6 is 0 Å². The third-order valence-electron chi connectivity index (χ3n) is 6.97. The summed E-state index contributed by atoms with van der Waals surface area (Å²) in [5.41, 5.74) is 1.54. The van der Waals surface area contributed by atoms with Crippen molar-refractivity contribution in [2.75, 3.05) is 26.3 Å². The Morgan fingerprint density at radius 3 is 1.97 bits per heavy atom. The average molecular weight is 429 g/mol. The third kappa shape index (κ3) is 4.96. The van der Waals surface area contributed by atoms with Crippen LogP contribution in [-0.2, 0) is 20.5 Å². The summed E-state index contributed by atoms with van der Waals surface area (Å²) < 4.78 is 32.3. The highest BCUT2D eigenvalue weighted by atomic mass is 19.1. The van der Waals surface area contributed by atoms with Crippen molar-refractivity contribution in [2.45, 2.75) is 49.5 Å². The second kappa shape index (κ2) is 9.45. The maximum Gasteiger partial charge on any atom is 0.234 e. The van der Waals surface area contributed by atoms with Gasteiger partial charge in [-0.25, -0.2) is 8.78 Å². The number of hydrogen-bond donors (Lipinski definition) is 2. The number of rotatable bonds is 7. The molecule has 0 atom stereocenters. The quantitative estimate of drug-likeness (QED) is 0.695. The molecule has 4 rings (SSSR count). The summed E-state index contributed by atoms with van der Waals surface area (Å²) in [5.74, 6) is -0.583. The molecule has 1 amide bonds. The van der Waals surface area contributed by atoms with Gasteiger partial charge in [0.1, 0.15) is 11.6 Å². The molecule has 2 aliphatic rings. The predicted molar refractivity (Wildman–Crippen MR) is 116 cm³/mol. The molecule has 1 saturated carbocycles. The molecule has 4 nitrogen and oxygen atoms in total. The zero-order chi connectivity index (χ0) is 21.7. The van der Waals surface area contributed by atoms with E-state index in [-0.39, 0.29) is 29.5 Å². The standard InChI is InChI=1S/C25H30F2N2O2/c26-21-7-3-19(4-8-21)24(11-1-2-12-24)18-28-23(30)17-29-25(13-15-31-16-14-25)20-5-9-22(27)10-6-20/h3-10,29H,1-2,11-18H2,(H,28,30). The monoisotopic (exact) mass is 428 g/mol. The van der Waals surface area contributed by atoms with E-state index in [0.29, 0.717) is 19.8 Å². The molecule has 2 N–H and O–H groups in total. The van der Waals surface area contributed by atoms with Gasteiger partial charge in [-0.3, -0.25) is 10.1 Å². The number of nitrogens with one attached hydrogen (secondary N) is 2.